The smallest absolute Gasteiger partial charge is 0.335 e. The van der Waals surface area contributed by atoms with Crippen LogP contribution in [0.4, 0.5) is 0 Å². The molecule has 0 amide bonds. The van der Waals surface area contributed by atoms with Crippen molar-refractivity contribution in [1.82, 2.24) is 0 Å². The highest BCUT2D eigenvalue weighted by Gasteiger charge is 2.12. The average Bonchev–Trinajstić information content (AvgIpc) is 2.26. The molecule has 0 heterocycles. The van der Waals surface area contributed by atoms with Gasteiger partial charge in [-0.2, -0.15) is 0 Å². The molecule has 0 aromatic rings. The Morgan fingerprint density at radius 2 is 1.80 bits per heavy atom. The monoisotopic (exact) mass is 238 g/mol. The lowest BCUT2D eigenvalue weighted by molar-refractivity contribution is -0.152. The van der Waals surface area contributed by atoms with Gasteiger partial charge in [-0.1, -0.05) is 0 Å². The second kappa shape index (κ2) is 10.3. The molecule has 15 heavy (non-hydrogen) atoms. The van der Waals surface area contributed by atoms with Gasteiger partial charge in [0.05, 0.1) is 19.8 Å². The zero-order valence-electron chi connectivity index (χ0n) is 9.23. The highest BCUT2D eigenvalue weighted by molar-refractivity contribution is 7.09. The maximum absolute atomic E-state index is 11.1. The van der Waals surface area contributed by atoms with E-state index in [0.717, 1.165) is 0 Å². The molecule has 2 atom stereocenters. The zero-order valence-corrected chi connectivity index (χ0v) is 10.4. The molecule has 0 saturated carbocycles. The van der Waals surface area contributed by atoms with Crippen LogP contribution in [0.2, 0.25) is 0 Å². The van der Waals surface area contributed by atoms with Gasteiger partial charge in [-0.05, 0) is 13.8 Å². The van der Waals surface area contributed by atoms with Crippen molar-refractivity contribution in [2.45, 2.75) is 20.0 Å². The maximum atomic E-state index is 11.1. The third-order valence-corrected chi connectivity index (χ3v) is 1.99. The standard InChI is InChI=1S/C9H19O5P/c1-3-11-4-5-12-6-7-13-9(10)8(2)14-15/h8H,3-7,15H2,1-2H3. The fraction of sp³-hybridized carbons (Fsp3) is 0.889. The zero-order chi connectivity index (χ0) is 11.5. The first-order valence-electron chi connectivity index (χ1n) is 4.90. The third-order valence-electron chi connectivity index (χ3n) is 1.58. The number of esters is 1. The first-order valence-corrected chi connectivity index (χ1v) is 5.37. The van der Waals surface area contributed by atoms with Gasteiger partial charge in [0.1, 0.15) is 6.61 Å². The van der Waals surface area contributed by atoms with E-state index in [9.17, 15) is 4.79 Å². The summed E-state index contributed by atoms with van der Waals surface area (Å²) in [6, 6.07) is 0. The van der Waals surface area contributed by atoms with Crippen LogP contribution in [0.1, 0.15) is 13.8 Å². The number of rotatable bonds is 9. The van der Waals surface area contributed by atoms with Gasteiger partial charge in [0.2, 0.25) is 0 Å². The Labute approximate surface area is 92.7 Å². The lowest BCUT2D eigenvalue weighted by atomic mass is 10.4. The summed E-state index contributed by atoms with van der Waals surface area (Å²) >= 11 is 0. The molecular formula is C9H19O5P. The summed E-state index contributed by atoms with van der Waals surface area (Å²) in [7, 11) is 2.02. The number of ether oxygens (including phenoxy) is 3. The number of carbonyl (C=O) groups is 1. The van der Waals surface area contributed by atoms with Crippen LogP contribution in [0.25, 0.3) is 0 Å². The van der Waals surface area contributed by atoms with Crippen LogP contribution >= 0.6 is 9.47 Å². The molecule has 6 heteroatoms. The topological polar surface area (TPSA) is 54.0 Å². The highest BCUT2D eigenvalue weighted by Crippen LogP contribution is 1.98. The van der Waals surface area contributed by atoms with E-state index in [2.05, 4.69) is 0 Å². The fourth-order valence-electron chi connectivity index (χ4n) is 0.738. The van der Waals surface area contributed by atoms with Crippen molar-refractivity contribution in [1.29, 1.82) is 0 Å². The summed E-state index contributed by atoms with van der Waals surface area (Å²) in [6.07, 6.45) is -0.557. The van der Waals surface area contributed by atoms with Crippen molar-refractivity contribution in [2.24, 2.45) is 0 Å². The Balaban J connectivity index is 3.20. The predicted molar refractivity (Wildman–Crippen MR) is 58.5 cm³/mol. The van der Waals surface area contributed by atoms with Gasteiger partial charge in [-0.25, -0.2) is 4.79 Å². The first-order chi connectivity index (χ1) is 7.22. The number of carbonyl (C=O) groups excluding carboxylic acids is 1. The third kappa shape index (κ3) is 8.75. The number of hydrogen-bond acceptors (Lipinski definition) is 5. The van der Waals surface area contributed by atoms with E-state index < -0.39 is 12.1 Å². The molecular weight excluding hydrogens is 219 g/mol. The lowest BCUT2D eigenvalue weighted by Gasteiger charge is -2.09. The summed E-state index contributed by atoms with van der Waals surface area (Å²) < 4.78 is 19.8. The van der Waals surface area contributed by atoms with E-state index in [1.807, 2.05) is 16.4 Å². The van der Waals surface area contributed by atoms with Gasteiger partial charge in [0.25, 0.3) is 0 Å². The van der Waals surface area contributed by atoms with E-state index in [-0.39, 0.29) is 6.61 Å². The SMILES string of the molecule is CCOCCOCCOC(=O)C(C)OP. The van der Waals surface area contributed by atoms with Crippen molar-refractivity contribution >= 4 is 15.4 Å². The summed E-state index contributed by atoms with van der Waals surface area (Å²) in [5.41, 5.74) is 0. The molecule has 0 aliphatic heterocycles. The van der Waals surface area contributed by atoms with Crippen LogP contribution in [0.3, 0.4) is 0 Å². The molecule has 0 aromatic heterocycles. The largest absolute Gasteiger partial charge is 0.461 e. The second-order valence-electron chi connectivity index (χ2n) is 2.76. The highest BCUT2D eigenvalue weighted by atomic mass is 31.0. The molecule has 0 rings (SSSR count). The van der Waals surface area contributed by atoms with Crippen LogP contribution < -0.4 is 0 Å². The molecule has 90 valence electrons. The minimum atomic E-state index is -0.557. The molecule has 0 N–H and O–H groups in total. The summed E-state index contributed by atoms with van der Waals surface area (Å²) in [6.45, 7) is 5.92. The number of hydrogen-bond donors (Lipinski definition) is 0. The molecule has 0 aliphatic carbocycles. The molecule has 0 aromatic carbocycles. The van der Waals surface area contributed by atoms with Crippen LogP contribution in [-0.4, -0.2) is 45.1 Å². The van der Waals surface area contributed by atoms with Crippen LogP contribution in [-0.2, 0) is 23.5 Å². The maximum Gasteiger partial charge on any atom is 0.335 e. The molecule has 0 spiro atoms. The Hall–Kier alpha value is -0.220. The lowest BCUT2D eigenvalue weighted by Crippen LogP contribution is -2.22. The minimum Gasteiger partial charge on any atom is -0.461 e. The van der Waals surface area contributed by atoms with Crippen LogP contribution in [0, 0.1) is 0 Å². The quantitative estimate of drug-likeness (QED) is 0.337. The molecule has 0 radical (unpaired) electrons. The molecule has 5 nitrogen and oxygen atoms in total. The van der Waals surface area contributed by atoms with Crippen LogP contribution in [0.5, 0.6) is 0 Å². The Bertz CT molecular complexity index is 165. The fourth-order valence-corrected chi connectivity index (χ4v) is 0.849. The van der Waals surface area contributed by atoms with Crippen molar-refractivity contribution < 1.29 is 23.5 Å². The average molecular weight is 238 g/mol. The second-order valence-corrected chi connectivity index (χ2v) is 3.03. The van der Waals surface area contributed by atoms with E-state index >= 15 is 0 Å². The predicted octanol–water partition coefficient (Wildman–Crippen LogP) is 0.778. The van der Waals surface area contributed by atoms with Crippen molar-refractivity contribution in [3.8, 4) is 0 Å². The minimum absolute atomic E-state index is 0.239. The molecule has 0 bridgehead atoms. The van der Waals surface area contributed by atoms with Crippen molar-refractivity contribution in [3.05, 3.63) is 0 Å². The van der Waals surface area contributed by atoms with Gasteiger partial charge in [-0.15, -0.1) is 0 Å². The Morgan fingerprint density at radius 3 is 2.40 bits per heavy atom. The molecule has 0 saturated heterocycles. The van der Waals surface area contributed by atoms with E-state index in [0.29, 0.717) is 26.4 Å². The Kier molecular flexibility index (Phi) is 10.2. The Morgan fingerprint density at radius 1 is 1.20 bits per heavy atom. The van der Waals surface area contributed by atoms with Gasteiger partial charge in [0, 0.05) is 16.1 Å². The summed E-state index contributed by atoms with van der Waals surface area (Å²) in [5, 5.41) is 0. The van der Waals surface area contributed by atoms with E-state index in [1.165, 1.54) is 0 Å². The van der Waals surface area contributed by atoms with Crippen LogP contribution in [0.15, 0.2) is 0 Å². The van der Waals surface area contributed by atoms with E-state index in [1.54, 1.807) is 6.92 Å². The molecule has 0 aliphatic rings. The van der Waals surface area contributed by atoms with Gasteiger partial charge >= 0.3 is 5.97 Å². The van der Waals surface area contributed by atoms with Gasteiger partial charge in [-0.3, -0.25) is 0 Å². The first kappa shape index (κ1) is 14.8. The van der Waals surface area contributed by atoms with Crippen molar-refractivity contribution in [2.75, 3.05) is 33.0 Å². The normalized spacial score (nSPS) is 12.5. The van der Waals surface area contributed by atoms with Gasteiger partial charge in [0.15, 0.2) is 6.10 Å². The van der Waals surface area contributed by atoms with Gasteiger partial charge < -0.3 is 18.7 Å². The molecule has 2 unspecified atom stereocenters. The van der Waals surface area contributed by atoms with E-state index in [4.69, 9.17) is 18.7 Å². The van der Waals surface area contributed by atoms with Crippen molar-refractivity contribution in [3.63, 3.8) is 0 Å². The summed E-state index contributed by atoms with van der Waals surface area (Å²) in [5.74, 6) is -0.390. The molecule has 0 fully saturated rings. The summed E-state index contributed by atoms with van der Waals surface area (Å²) in [4.78, 5) is 11.1.